The zero-order chi connectivity index (χ0) is 18.7. The summed E-state index contributed by atoms with van der Waals surface area (Å²) in [6.07, 6.45) is 0. The molecule has 0 saturated heterocycles. The second kappa shape index (κ2) is 7.37. The molecule has 1 heterocycles. The van der Waals surface area contributed by atoms with Gasteiger partial charge in [0.15, 0.2) is 18.1 Å². The highest BCUT2D eigenvalue weighted by molar-refractivity contribution is 6.31. The van der Waals surface area contributed by atoms with Gasteiger partial charge in [0.05, 0.1) is 7.11 Å². The number of amides is 2. The lowest BCUT2D eigenvalue weighted by molar-refractivity contribution is -0.119. The van der Waals surface area contributed by atoms with Crippen LogP contribution in [0.1, 0.15) is 10.5 Å². The molecule has 3 rings (SSSR count). The average molecular weight is 374 g/mol. The van der Waals surface area contributed by atoms with Gasteiger partial charge in [0.25, 0.3) is 11.8 Å². The van der Waals surface area contributed by atoms with E-state index in [0.29, 0.717) is 27.9 Å². The summed E-state index contributed by atoms with van der Waals surface area (Å²) >= 11 is 5.96. The minimum absolute atomic E-state index is 0.295. The van der Waals surface area contributed by atoms with E-state index in [-0.39, 0.29) is 12.5 Å². The fourth-order valence-electron chi connectivity index (χ4n) is 2.44. The van der Waals surface area contributed by atoms with Gasteiger partial charge in [0.1, 0.15) is 5.69 Å². The number of halogens is 1. The molecule has 0 saturated carbocycles. The minimum Gasteiger partial charge on any atom is -0.493 e. The third-order valence-corrected chi connectivity index (χ3v) is 3.86. The van der Waals surface area contributed by atoms with E-state index in [2.05, 4.69) is 10.3 Å². The third-order valence-electron chi connectivity index (χ3n) is 3.62. The van der Waals surface area contributed by atoms with Crippen LogP contribution in [0, 0.1) is 0 Å². The number of anilines is 1. The van der Waals surface area contributed by atoms with Gasteiger partial charge in [0.2, 0.25) is 0 Å². The molecule has 26 heavy (non-hydrogen) atoms. The van der Waals surface area contributed by atoms with E-state index in [9.17, 15) is 9.59 Å². The molecule has 0 fully saturated rings. The summed E-state index contributed by atoms with van der Waals surface area (Å²) in [5.74, 6) is -0.224. The van der Waals surface area contributed by atoms with Crippen molar-refractivity contribution in [3.63, 3.8) is 0 Å². The van der Waals surface area contributed by atoms with Crippen molar-refractivity contribution in [1.82, 2.24) is 4.98 Å². The van der Waals surface area contributed by atoms with Crippen LogP contribution in [0.25, 0.3) is 10.9 Å². The molecule has 0 radical (unpaired) electrons. The standard InChI is InChI=1S/C18H16ClN3O4/c1-25-15-5-4-12(8-16(15)26-9-17(20)23)21-18(24)14-6-10-2-3-11(19)7-13(10)22-14/h2-8,22H,9H2,1H3,(H2,20,23)(H,21,24). The second-order valence-corrected chi connectivity index (χ2v) is 5.93. The van der Waals surface area contributed by atoms with Crippen molar-refractivity contribution < 1.29 is 19.1 Å². The number of rotatable bonds is 6. The lowest BCUT2D eigenvalue weighted by Crippen LogP contribution is -2.20. The number of carbonyl (C=O) groups is 2. The first-order valence-electron chi connectivity index (χ1n) is 7.65. The van der Waals surface area contributed by atoms with E-state index in [0.717, 1.165) is 10.9 Å². The Morgan fingerprint density at radius 3 is 2.69 bits per heavy atom. The van der Waals surface area contributed by atoms with E-state index in [1.165, 1.54) is 7.11 Å². The summed E-state index contributed by atoms with van der Waals surface area (Å²) in [5, 5.41) is 4.21. The van der Waals surface area contributed by atoms with Crippen LogP contribution < -0.4 is 20.5 Å². The van der Waals surface area contributed by atoms with Gasteiger partial charge >= 0.3 is 0 Å². The first-order valence-corrected chi connectivity index (χ1v) is 8.03. The Morgan fingerprint density at radius 1 is 1.15 bits per heavy atom. The minimum atomic E-state index is -0.613. The number of hydrogen-bond donors (Lipinski definition) is 3. The third kappa shape index (κ3) is 3.89. The van der Waals surface area contributed by atoms with Crippen molar-refractivity contribution in [3.8, 4) is 11.5 Å². The number of primary amides is 1. The molecule has 0 bridgehead atoms. The Balaban J connectivity index is 1.81. The number of aromatic nitrogens is 1. The summed E-state index contributed by atoms with van der Waals surface area (Å²) in [5.41, 5.74) is 6.72. The Bertz CT molecular complexity index is 984. The highest BCUT2D eigenvalue weighted by atomic mass is 35.5. The SMILES string of the molecule is COc1ccc(NC(=O)c2cc3ccc(Cl)cc3[nH]2)cc1OCC(N)=O. The van der Waals surface area contributed by atoms with Crippen LogP contribution in [0.3, 0.4) is 0 Å². The van der Waals surface area contributed by atoms with Gasteiger partial charge in [0, 0.05) is 27.7 Å². The second-order valence-electron chi connectivity index (χ2n) is 5.49. The van der Waals surface area contributed by atoms with Gasteiger partial charge < -0.3 is 25.5 Å². The molecule has 0 atom stereocenters. The predicted octanol–water partition coefficient (Wildman–Crippen LogP) is 2.95. The number of nitrogens with two attached hydrogens (primary N) is 1. The highest BCUT2D eigenvalue weighted by Crippen LogP contribution is 2.30. The van der Waals surface area contributed by atoms with Crippen molar-refractivity contribution in [1.29, 1.82) is 0 Å². The molecule has 0 aliphatic carbocycles. The normalized spacial score (nSPS) is 10.5. The Morgan fingerprint density at radius 2 is 1.96 bits per heavy atom. The molecule has 2 aromatic carbocycles. The van der Waals surface area contributed by atoms with Gasteiger partial charge in [-0.25, -0.2) is 0 Å². The fraction of sp³-hybridized carbons (Fsp3) is 0.111. The topological polar surface area (TPSA) is 106 Å². The van der Waals surface area contributed by atoms with Crippen molar-refractivity contribution in [3.05, 3.63) is 53.2 Å². The van der Waals surface area contributed by atoms with Crippen LogP contribution in [0.2, 0.25) is 5.02 Å². The molecule has 0 spiro atoms. The smallest absolute Gasteiger partial charge is 0.272 e. The summed E-state index contributed by atoms with van der Waals surface area (Å²) in [6.45, 7) is -0.295. The van der Waals surface area contributed by atoms with Crippen molar-refractivity contribution in [2.45, 2.75) is 0 Å². The number of fused-ring (bicyclic) bond motifs is 1. The average Bonchev–Trinajstić information content (AvgIpc) is 3.03. The van der Waals surface area contributed by atoms with Crippen LogP contribution in [0.5, 0.6) is 11.5 Å². The van der Waals surface area contributed by atoms with E-state index >= 15 is 0 Å². The Hall–Kier alpha value is -3.19. The summed E-state index contributed by atoms with van der Waals surface area (Å²) in [4.78, 5) is 26.4. The number of carbonyl (C=O) groups excluding carboxylic acids is 2. The predicted molar refractivity (Wildman–Crippen MR) is 98.9 cm³/mol. The van der Waals surface area contributed by atoms with Crippen LogP contribution in [0.15, 0.2) is 42.5 Å². The highest BCUT2D eigenvalue weighted by Gasteiger charge is 2.13. The maximum Gasteiger partial charge on any atom is 0.272 e. The largest absolute Gasteiger partial charge is 0.493 e. The number of nitrogens with one attached hydrogen (secondary N) is 2. The Kier molecular flexibility index (Phi) is 4.99. The molecule has 134 valence electrons. The van der Waals surface area contributed by atoms with E-state index < -0.39 is 5.91 Å². The van der Waals surface area contributed by atoms with Gasteiger partial charge in [-0.05, 0) is 30.3 Å². The van der Waals surface area contributed by atoms with Gasteiger partial charge in [-0.1, -0.05) is 17.7 Å². The molecule has 7 nitrogen and oxygen atoms in total. The van der Waals surface area contributed by atoms with Crippen molar-refractivity contribution >= 4 is 40.0 Å². The van der Waals surface area contributed by atoms with Crippen molar-refractivity contribution in [2.75, 3.05) is 19.0 Å². The molecule has 0 aliphatic rings. The molecule has 0 unspecified atom stereocenters. The molecular formula is C18H16ClN3O4. The number of H-pyrrole nitrogens is 1. The molecular weight excluding hydrogens is 358 g/mol. The Labute approximate surface area is 154 Å². The van der Waals surface area contributed by atoms with E-state index in [4.69, 9.17) is 26.8 Å². The summed E-state index contributed by atoms with van der Waals surface area (Å²) in [7, 11) is 1.47. The van der Waals surface area contributed by atoms with Crippen LogP contribution in [0.4, 0.5) is 5.69 Å². The zero-order valence-electron chi connectivity index (χ0n) is 13.8. The van der Waals surface area contributed by atoms with Crippen LogP contribution in [-0.4, -0.2) is 30.5 Å². The maximum absolute atomic E-state index is 12.5. The zero-order valence-corrected chi connectivity index (χ0v) is 14.6. The van der Waals surface area contributed by atoms with Crippen LogP contribution in [-0.2, 0) is 4.79 Å². The lowest BCUT2D eigenvalue weighted by atomic mass is 10.2. The molecule has 0 aliphatic heterocycles. The molecule has 2 amide bonds. The quantitative estimate of drug-likeness (QED) is 0.617. The monoisotopic (exact) mass is 373 g/mol. The van der Waals surface area contributed by atoms with E-state index in [1.807, 2.05) is 6.07 Å². The fourth-order valence-corrected chi connectivity index (χ4v) is 2.61. The number of benzene rings is 2. The van der Waals surface area contributed by atoms with Crippen LogP contribution >= 0.6 is 11.6 Å². The lowest BCUT2D eigenvalue weighted by Gasteiger charge is -2.11. The number of aromatic amines is 1. The molecule has 4 N–H and O–H groups in total. The van der Waals surface area contributed by atoms with Crippen molar-refractivity contribution in [2.24, 2.45) is 5.73 Å². The molecule has 8 heteroatoms. The number of ether oxygens (including phenoxy) is 2. The van der Waals surface area contributed by atoms with Gasteiger partial charge in [-0.3, -0.25) is 9.59 Å². The number of hydrogen-bond acceptors (Lipinski definition) is 4. The summed E-state index contributed by atoms with van der Waals surface area (Å²) in [6, 6.07) is 11.9. The molecule has 3 aromatic rings. The first kappa shape index (κ1) is 17.6. The van der Waals surface area contributed by atoms with Gasteiger partial charge in [-0.15, -0.1) is 0 Å². The van der Waals surface area contributed by atoms with Gasteiger partial charge in [-0.2, -0.15) is 0 Å². The van der Waals surface area contributed by atoms with E-state index in [1.54, 1.807) is 36.4 Å². The summed E-state index contributed by atoms with van der Waals surface area (Å²) < 4.78 is 10.5. The molecule has 1 aromatic heterocycles. The maximum atomic E-state index is 12.5. The number of methoxy groups -OCH3 is 1. The first-order chi connectivity index (χ1) is 12.5.